The third-order valence-electron chi connectivity index (χ3n) is 3.13. The van der Waals surface area contributed by atoms with Crippen molar-refractivity contribution in [3.05, 3.63) is 35.9 Å². The molecule has 1 aromatic carbocycles. The summed E-state index contributed by atoms with van der Waals surface area (Å²) in [5.74, 6) is 0. The summed E-state index contributed by atoms with van der Waals surface area (Å²) in [5, 5.41) is 0. The highest BCUT2D eigenvalue weighted by Crippen LogP contribution is 2.05. The molecule has 0 aliphatic rings. The first kappa shape index (κ1) is 16.2. The van der Waals surface area contributed by atoms with E-state index in [1.54, 1.807) is 0 Å². The van der Waals surface area contributed by atoms with Crippen LogP contribution in [-0.2, 0) is 16.1 Å². The molecule has 0 fully saturated rings. The predicted molar refractivity (Wildman–Crippen MR) is 80.3 cm³/mol. The summed E-state index contributed by atoms with van der Waals surface area (Å²) in [7, 11) is 0. The minimum absolute atomic E-state index is 0.682. The summed E-state index contributed by atoms with van der Waals surface area (Å²) in [5.41, 5.74) is 1.22. The second-order valence-electron chi connectivity index (χ2n) is 4.92. The molecule has 0 spiro atoms. The average Bonchev–Trinajstić information content (AvgIpc) is 2.46. The zero-order valence-electron chi connectivity index (χ0n) is 12.3. The van der Waals surface area contributed by atoms with Crippen LogP contribution in [0, 0.1) is 0 Å². The second kappa shape index (κ2) is 12.2. The quantitative estimate of drug-likeness (QED) is 0.514. The first-order chi connectivity index (χ1) is 9.43. The number of rotatable bonds is 12. The van der Waals surface area contributed by atoms with Gasteiger partial charge in [0.05, 0.1) is 19.8 Å². The highest BCUT2D eigenvalue weighted by atomic mass is 16.5. The summed E-state index contributed by atoms with van der Waals surface area (Å²) in [6.45, 7) is 5.20. The predicted octanol–water partition coefficient (Wildman–Crippen LogP) is 4.58. The van der Waals surface area contributed by atoms with Crippen molar-refractivity contribution in [2.45, 2.75) is 52.1 Å². The molecule has 0 radical (unpaired) electrons. The van der Waals surface area contributed by atoms with Crippen molar-refractivity contribution >= 4 is 0 Å². The molecule has 2 heteroatoms. The van der Waals surface area contributed by atoms with Crippen LogP contribution in [0.5, 0.6) is 0 Å². The van der Waals surface area contributed by atoms with Gasteiger partial charge in [-0.25, -0.2) is 0 Å². The van der Waals surface area contributed by atoms with Gasteiger partial charge >= 0.3 is 0 Å². The summed E-state index contributed by atoms with van der Waals surface area (Å²) in [6.07, 6.45) is 7.88. The van der Waals surface area contributed by atoms with Gasteiger partial charge in [0.1, 0.15) is 0 Å². The third kappa shape index (κ3) is 9.69. The first-order valence-corrected chi connectivity index (χ1v) is 7.63. The molecule has 108 valence electrons. The van der Waals surface area contributed by atoms with Gasteiger partial charge in [-0.15, -0.1) is 0 Å². The van der Waals surface area contributed by atoms with Gasteiger partial charge in [0.15, 0.2) is 0 Å². The van der Waals surface area contributed by atoms with E-state index in [1.807, 2.05) is 18.2 Å². The Labute approximate surface area is 118 Å². The van der Waals surface area contributed by atoms with E-state index in [2.05, 4.69) is 19.1 Å². The molecule has 0 aliphatic heterocycles. The molecule has 19 heavy (non-hydrogen) atoms. The van der Waals surface area contributed by atoms with Crippen molar-refractivity contribution in [2.75, 3.05) is 19.8 Å². The molecule has 0 N–H and O–H groups in total. The van der Waals surface area contributed by atoms with E-state index in [9.17, 15) is 0 Å². The molecular formula is C17H28O2. The lowest BCUT2D eigenvalue weighted by molar-refractivity contribution is 0.0393. The Morgan fingerprint density at radius 3 is 2.21 bits per heavy atom. The molecule has 0 saturated heterocycles. The van der Waals surface area contributed by atoms with Gasteiger partial charge < -0.3 is 9.47 Å². The van der Waals surface area contributed by atoms with Gasteiger partial charge in [-0.2, -0.15) is 0 Å². The van der Waals surface area contributed by atoms with Crippen molar-refractivity contribution in [3.63, 3.8) is 0 Å². The van der Waals surface area contributed by atoms with E-state index in [-0.39, 0.29) is 0 Å². The van der Waals surface area contributed by atoms with E-state index in [0.717, 1.165) is 6.61 Å². The lowest BCUT2D eigenvalue weighted by atomic mass is 10.1. The van der Waals surface area contributed by atoms with Crippen LogP contribution in [0.3, 0.4) is 0 Å². The Kier molecular flexibility index (Phi) is 10.4. The van der Waals surface area contributed by atoms with Crippen molar-refractivity contribution in [1.82, 2.24) is 0 Å². The number of benzene rings is 1. The zero-order chi connectivity index (χ0) is 13.6. The van der Waals surface area contributed by atoms with Gasteiger partial charge in [-0.05, 0) is 12.0 Å². The first-order valence-electron chi connectivity index (χ1n) is 7.63. The minimum Gasteiger partial charge on any atom is -0.379 e. The Morgan fingerprint density at radius 1 is 0.737 bits per heavy atom. The maximum atomic E-state index is 5.55. The highest BCUT2D eigenvalue weighted by Gasteiger charge is 1.93. The summed E-state index contributed by atoms with van der Waals surface area (Å²) < 4.78 is 11.1. The van der Waals surface area contributed by atoms with Crippen LogP contribution in [0.15, 0.2) is 30.3 Å². The fourth-order valence-corrected chi connectivity index (χ4v) is 1.97. The van der Waals surface area contributed by atoms with Crippen molar-refractivity contribution in [2.24, 2.45) is 0 Å². The lowest BCUT2D eigenvalue weighted by Crippen LogP contribution is -2.05. The smallest absolute Gasteiger partial charge is 0.0718 e. The molecule has 0 unspecified atom stereocenters. The van der Waals surface area contributed by atoms with E-state index in [4.69, 9.17) is 9.47 Å². The standard InChI is InChI=1S/C17H28O2/c1-2-3-4-5-6-10-13-18-14-15-19-16-17-11-8-7-9-12-17/h7-9,11-12H,2-6,10,13-16H2,1H3. The Bertz CT molecular complexity index is 285. The molecule has 1 aromatic rings. The Hall–Kier alpha value is -0.860. The number of hydrogen-bond acceptors (Lipinski definition) is 2. The summed E-state index contributed by atoms with van der Waals surface area (Å²) in [4.78, 5) is 0. The van der Waals surface area contributed by atoms with Gasteiger partial charge in [0.2, 0.25) is 0 Å². The largest absolute Gasteiger partial charge is 0.379 e. The summed E-state index contributed by atoms with van der Waals surface area (Å²) >= 11 is 0. The van der Waals surface area contributed by atoms with E-state index >= 15 is 0 Å². The molecule has 0 aromatic heterocycles. The Morgan fingerprint density at radius 2 is 1.42 bits per heavy atom. The molecular weight excluding hydrogens is 236 g/mol. The molecule has 0 heterocycles. The molecule has 2 nitrogen and oxygen atoms in total. The zero-order valence-corrected chi connectivity index (χ0v) is 12.3. The van der Waals surface area contributed by atoms with Crippen LogP contribution in [0.1, 0.15) is 51.0 Å². The van der Waals surface area contributed by atoms with E-state index in [0.29, 0.717) is 19.8 Å². The fourth-order valence-electron chi connectivity index (χ4n) is 1.97. The van der Waals surface area contributed by atoms with Crippen LogP contribution >= 0.6 is 0 Å². The van der Waals surface area contributed by atoms with Crippen molar-refractivity contribution in [3.8, 4) is 0 Å². The molecule has 0 amide bonds. The number of hydrogen-bond donors (Lipinski definition) is 0. The van der Waals surface area contributed by atoms with E-state index in [1.165, 1.54) is 44.1 Å². The minimum atomic E-state index is 0.682. The van der Waals surface area contributed by atoms with Gasteiger partial charge in [-0.3, -0.25) is 0 Å². The Balaban J connectivity index is 1.79. The maximum absolute atomic E-state index is 5.55. The van der Waals surface area contributed by atoms with Gasteiger partial charge in [0.25, 0.3) is 0 Å². The highest BCUT2D eigenvalue weighted by molar-refractivity contribution is 5.13. The molecule has 0 atom stereocenters. The van der Waals surface area contributed by atoms with Crippen molar-refractivity contribution < 1.29 is 9.47 Å². The van der Waals surface area contributed by atoms with Crippen LogP contribution < -0.4 is 0 Å². The van der Waals surface area contributed by atoms with Crippen LogP contribution in [0.25, 0.3) is 0 Å². The lowest BCUT2D eigenvalue weighted by Gasteiger charge is -2.06. The average molecular weight is 264 g/mol. The maximum Gasteiger partial charge on any atom is 0.0718 e. The SMILES string of the molecule is CCCCCCCCOCCOCc1ccccc1. The molecule has 1 rings (SSSR count). The van der Waals surface area contributed by atoms with Crippen LogP contribution in [0.4, 0.5) is 0 Å². The number of unbranched alkanes of at least 4 members (excludes halogenated alkanes) is 5. The molecule has 0 aliphatic carbocycles. The number of ether oxygens (including phenoxy) is 2. The second-order valence-corrected chi connectivity index (χ2v) is 4.92. The van der Waals surface area contributed by atoms with Gasteiger partial charge in [0, 0.05) is 6.61 Å². The fraction of sp³-hybridized carbons (Fsp3) is 0.647. The summed E-state index contributed by atoms with van der Waals surface area (Å²) in [6, 6.07) is 10.3. The normalized spacial score (nSPS) is 10.8. The molecule has 0 bridgehead atoms. The monoisotopic (exact) mass is 264 g/mol. The van der Waals surface area contributed by atoms with Gasteiger partial charge in [-0.1, -0.05) is 69.4 Å². The topological polar surface area (TPSA) is 18.5 Å². The molecule has 0 saturated carbocycles. The van der Waals surface area contributed by atoms with E-state index < -0.39 is 0 Å². The third-order valence-corrected chi connectivity index (χ3v) is 3.13. The van der Waals surface area contributed by atoms with Crippen molar-refractivity contribution in [1.29, 1.82) is 0 Å². The van der Waals surface area contributed by atoms with Crippen LogP contribution in [-0.4, -0.2) is 19.8 Å². The van der Waals surface area contributed by atoms with Crippen LogP contribution in [0.2, 0.25) is 0 Å².